The van der Waals surface area contributed by atoms with Crippen LogP contribution in [0.5, 0.6) is 0 Å². The monoisotopic (exact) mass is 173 g/mol. The lowest BCUT2D eigenvalue weighted by molar-refractivity contribution is 0.0927. The average molecular weight is 173 g/mol. The van der Waals surface area contributed by atoms with Crippen LogP contribution in [0.4, 0.5) is 4.79 Å². The van der Waals surface area contributed by atoms with Gasteiger partial charge in [0.05, 0.1) is 13.2 Å². The van der Waals surface area contributed by atoms with Gasteiger partial charge in [-0.3, -0.25) is 4.90 Å². The molecule has 0 bridgehead atoms. The van der Waals surface area contributed by atoms with E-state index in [0.717, 1.165) is 0 Å². The Bertz CT molecular complexity index is 185. The molecule has 1 aliphatic rings. The van der Waals surface area contributed by atoms with Crippen LogP contribution < -0.4 is 0 Å². The van der Waals surface area contributed by atoms with E-state index in [0.29, 0.717) is 6.54 Å². The average Bonchev–Trinajstić information content (AvgIpc) is 2.29. The number of carbonyl (C=O) groups excluding carboxylic acids is 1. The molecule has 1 fully saturated rings. The Kier molecular flexibility index (Phi) is 2.28. The van der Waals surface area contributed by atoms with Gasteiger partial charge in [-0.1, -0.05) is 0 Å². The fourth-order valence-corrected chi connectivity index (χ4v) is 1.16. The van der Waals surface area contributed by atoms with Gasteiger partial charge in [0.15, 0.2) is 0 Å². The molecule has 0 spiro atoms. The summed E-state index contributed by atoms with van der Waals surface area (Å²) in [5.41, 5.74) is -0.221. The van der Waals surface area contributed by atoms with Crippen molar-refractivity contribution in [3.05, 3.63) is 0 Å². The summed E-state index contributed by atoms with van der Waals surface area (Å²) in [5, 5.41) is 8.76. The Hall–Kier alpha value is -0.770. The molecule has 1 amide bonds. The zero-order valence-electron chi connectivity index (χ0n) is 7.70. The van der Waals surface area contributed by atoms with E-state index in [1.165, 1.54) is 0 Å². The van der Waals surface area contributed by atoms with Gasteiger partial charge in [0.2, 0.25) is 0 Å². The number of amides is 1. The molecule has 0 aromatic carbocycles. The number of hydrogen-bond donors (Lipinski definition) is 1. The van der Waals surface area contributed by atoms with Crippen LogP contribution in [0, 0.1) is 0 Å². The molecule has 1 saturated heterocycles. The Morgan fingerprint density at radius 3 is 2.50 bits per heavy atom. The predicted molar refractivity (Wildman–Crippen MR) is 43.8 cm³/mol. The summed E-state index contributed by atoms with van der Waals surface area (Å²) in [5.74, 6) is 0. The second-order valence-corrected chi connectivity index (χ2v) is 3.97. The van der Waals surface area contributed by atoms with Gasteiger partial charge >= 0.3 is 6.09 Å². The number of nitrogens with zero attached hydrogens (tertiary/aromatic N) is 1. The van der Waals surface area contributed by atoms with E-state index in [4.69, 9.17) is 9.84 Å². The fourth-order valence-electron chi connectivity index (χ4n) is 1.16. The molecule has 1 aliphatic heterocycles. The maximum absolute atomic E-state index is 11.2. The number of aliphatic hydroxyl groups is 1. The lowest BCUT2D eigenvalue weighted by Crippen LogP contribution is -2.42. The molecule has 4 nitrogen and oxygen atoms in total. The minimum atomic E-state index is -0.350. The number of rotatable bonds is 1. The van der Waals surface area contributed by atoms with Crippen molar-refractivity contribution < 1.29 is 14.6 Å². The van der Waals surface area contributed by atoms with Crippen LogP contribution in [0.2, 0.25) is 0 Å². The van der Waals surface area contributed by atoms with Crippen molar-refractivity contribution >= 4 is 6.09 Å². The number of cyclic esters (lactones) is 1. The van der Waals surface area contributed by atoms with E-state index < -0.39 is 0 Å². The lowest BCUT2D eigenvalue weighted by Gasteiger charge is -2.29. The van der Waals surface area contributed by atoms with Gasteiger partial charge in [0, 0.05) is 5.54 Å². The molecule has 1 rings (SSSR count). The lowest BCUT2D eigenvalue weighted by atomic mass is 10.1. The summed E-state index contributed by atoms with van der Waals surface area (Å²) in [6, 6.07) is 0. The molecule has 4 heteroatoms. The van der Waals surface area contributed by atoms with Crippen molar-refractivity contribution in [2.45, 2.75) is 32.4 Å². The number of carbonyl (C=O) groups is 1. The predicted octanol–water partition coefficient (Wildman–Crippen LogP) is 0.598. The third-order valence-electron chi connectivity index (χ3n) is 1.89. The van der Waals surface area contributed by atoms with E-state index in [-0.39, 0.29) is 24.3 Å². The molecule has 0 radical (unpaired) electrons. The first-order valence-corrected chi connectivity index (χ1v) is 4.04. The van der Waals surface area contributed by atoms with Crippen LogP contribution in [0.25, 0.3) is 0 Å². The Labute approximate surface area is 72.1 Å². The quantitative estimate of drug-likeness (QED) is 0.631. The van der Waals surface area contributed by atoms with Gasteiger partial charge in [-0.15, -0.1) is 0 Å². The maximum Gasteiger partial charge on any atom is 0.410 e. The molecule has 1 N–H and O–H groups in total. The van der Waals surface area contributed by atoms with Crippen LogP contribution >= 0.6 is 0 Å². The minimum absolute atomic E-state index is 0.0989. The molecule has 12 heavy (non-hydrogen) atoms. The van der Waals surface area contributed by atoms with Gasteiger partial charge in [-0.2, -0.15) is 0 Å². The maximum atomic E-state index is 11.2. The van der Waals surface area contributed by atoms with Gasteiger partial charge in [-0.05, 0) is 20.8 Å². The van der Waals surface area contributed by atoms with Crippen LogP contribution in [-0.4, -0.2) is 40.9 Å². The molecule has 70 valence electrons. The molecular weight excluding hydrogens is 158 g/mol. The van der Waals surface area contributed by atoms with E-state index in [1.54, 1.807) is 4.90 Å². The van der Waals surface area contributed by atoms with E-state index >= 15 is 0 Å². The minimum Gasteiger partial charge on any atom is -0.442 e. The second kappa shape index (κ2) is 2.94. The first-order chi connectivity index (χ1) is 5.45. The van der Waals surface area contributed by atoms with Crippen molar-refractivity contribution in [3.8, 4) is 0 Å². The topological polar surface area (TPSA) is 49.8 Å². The molecule has 1 heterocycles. The highest BCUT2D eigenvalue weighted by Gasteiger charge is 2.37. The van der Waals surface area contributed by atoms with Crippen molar-refractivity contribution in [2.75, 3.05) is 13.2 Å². The van der Waals surface area contributed by atoms with Crippen LogP contribution in [0.3, 0.4) is 0 Å². The Morgan fingerprint density at radius 2 is 2.25 bits per heavy atom. The van der Waals surface area contributed by atoms with Crippen LogP contribution in [-0.2, 0) is 4.74 Å². The Morgan fingerprint density at radius 1 is 1.67 bits per heavy atom. The normalized spacial score (nSPS) is 24.5. The van der Waals surface area contributed by atoms with Gasteiger partial charge in [-0.25, -0.2) is 4.79 Å². The zero-order valence-corrected chi connectivity index (χ0v) is 7.70. The fraction of sp³-hybridized carbons (Fsp3) is 0.875. The molecule has 0 aromatic rings. The highest BCUT2D eigenvalue weighted by molar-refractivity contribution is 5.70. The van der Waals surface area contributed by atoms with Gasteiger partial charge in [0.1, 0.15) is 6.10 Å². The third-order valence-corrected chi connectivity index (χ3v) is 1.89. The second-order valence-electron chi connectivity index (χ2n) is 3.97. The zero-order chi connectivity index (χ0) is 9.35. The van der Waals surface area contributed by atoms with Gasteiger partial charge < -0.3 is 9.84 Å². The number of aliphatic hydroxyl groups excluding tert-OH is 1. The highest BCUT2D eigenvalue weighted by atomic mass is 16.6. The molecular formula is C8H15NO3. The summed E-state index contributed by atoms with van der Waals surface area (Å²) < 4.78 is 4.89. The SMILES string of the molecule is CC(C)(C)N1C[C@H](CO)OC1=O. The first-order valence-electron chi connectivity index (χ1n) is 4.04. The van der Waals surface area contributed by atoms with Crippen LogP contribution in [0.15, 0.2) is 0 Å². The molecule has 0 saturated carbocycles. The van der Waals surface area contributed by atoms with E-state index in [2.05, 4.69) is 0 Å². The van der Waals surface area contributed by atoms with Gasteiger partial charge in [0.25, 0.3) is 0 Å². The van der Waals surface area contributed by atoms with Crippen molar-refractivity contribution in [1.82, 2.24) is 4.90 Å². The first kappa shape index (κ1) is 9.32. The van der Waals surface area contributed by atoms with Crippen molar-refractivity contribution in [1.29, 1.82) is 0 Å². The Balaban J connectivity index is 2.64. The molecule has 0 unspecified atom stereocenters. The summed E-state index contributed by atoms with van der Waals surface area (Å²) in [6.07, 6.45) is -0.682. The smallest absolute Gasteiger partial charge is 0.410 e. The highest BCUT2D eigenvalue weighted by Crippen LogP contribution is 2.21. The van der Waals surface area contributed by atoms with Crippen LogP contribution in [0.1, 0.15) is 20.8 Å². The van der Waals surface area contributed by atoms with E-state index in [9.17, 15) is 4.79 Å². The largest absolute Gasteiger partial charge is 0.442 e. The number of ether oxygens (including phenoxy) is 1. The molecule has 1 atom stereocenters. The summed E-state index contributed by atoms with van der Waals surface area (Å²) in [4.78, 5) is 12.8. The standard InChI is InChI=1S/C8H15NO3/c1-8(2,3)9-4-6(5-10)12-7(9)11/h6,10H,4-5H2,1-3H3/t6-/m1/s1. The molecule has 0 aromatic heterocycles. The third kappa shape index (κ3) is 1.69. The summed E-state index contributed by atoms with van der Waals surface area (Å²) in [6.45, 7) is 6.20. The van der Waals surface area contributed by atoms with E-state index in [1.807, 2.05) is 20.8 Å². The number of hydrogen-bond acceptors (Lipinski definition) is 3. The van der Waals surface area contributed by atoms with Crippen molar-refractivity contribution in [3.63, 3.8) is 0 Å². The van der Waals surface area contributed by atoms with Crippen molar-refractivity contribution in [2.24, 2.45) is 0 Å². The summed E-state index contributed by atoms with van der Waals surface area (Å²) in [7, 11) is 0. The summed E-state index contributed by atoms with van der Waals surface area (Å²) >= 11 is 0. The molecule has 0 aliphatic carbocycles.